The molecule has 4 rings (SSSR count). The molecule has 3 heterocycles. The molecule has 1 N–H and O–H groups in total. The molecule has 160 valence electrons. The highest BCUT2D eigenvalue weighted by Gasteiger charge is 2.14. The zero-order valence-electron chi connectivity index (χ0n) is 17.2. The number of amides is 1. The third-order valence-electron chi connectivity index (χ3n) is 4.82. The number of furan rings is 1. The van der Waals surface area contributed by atoms with Crippen LogP contribution in [0, 0.1) is 6.92 Å². The second-order valence-corrected chi connectivity index (χ2v) is 7.79. The lowest BCUT2D eigenvalue weighted by molar-refractivity contribution is 0.0992. The van der Waals surface area contributed by atoms with Gasteiger partial charge in [-0.25, -0.2) is 0 Å². The SMILES string of the molecule is CCn1ncc(Cn2cc(NC(=O)c3ccc(COc4ccccc4Br)o3)cn2)c1C. The van der Waals surface area contributed by atoms with Crippen LogP contribution in [0.2, 0.25) is 0 Å². The summed E-state index contributed by atoms with van der Waals surface area (Å²) in [5.41, 5.74) is 2.79. The predicted octanol–water partition coefficient (Wildman–Crippen LogP) is 4.64. The smallest absolute Gasteiger partial charge is 0.291 e. The molecule has 0 fully saturated rings. The highest BCUT2D eigenvalue weighted by atomic mass is 79.9. The van der Waals surface area contributed by atoms with Crippen LogP contribution in [0.5, 0.6) is 5.75 Å². The minimum atomic E-state index is -0.346. The Bertz CT molecular complexity index is 1190. The molecule has 3 aromatic heterocycles. The monoisotopic (exact) mass is 483 g/mol. The molecule has 0 unspecified atom stereocenters. The molecule has 0 aliphatic heterocycles. The topological polar surface area (TPSA) is 87.1 Å². The van der Waals surface area contributed by atoms with Crippen LogP contribution in [0.15, 0.2) is 63.9 Å². The van der Waals surface area contributed by atoms with E-state index in [-0.39, 0.29) is 18.3 Å². The van der Waals surface area contributed by atoms with Crippen molar-refractivity contribution in [1.82, 2.24) is 19.6 Å². The summed E-state index contributed by atoms with van der Waals surface area (Å²) in [6.07, 6.45) is 5.23. The molecule has 1 aromatic carbocycles. The van der Waals surface area contributed by atoms with Gasteiger partial charge in [-0.1, -0.05) is 12.1 Å². The number of carbonyl (C=O) groups is 1. The number of nitrogens with one attached hydrogen (secondary N) is 1. The first-order valence-corrected chi connectivity index (χ1v) is 10.6. The summed E-state index contributed by atoms with van der Waals surface area (Å²) in [4.78, 5) is 12.5. The standard InChI is InChI=1S/C22H22BrN5O3/c1-3-28-15(2)16(10-25-28)12-27-13-17(11-24-27)26-22(29)21-9-8-18(31-21)14-30-20-7-5-4-6-19(20)23/h4-11,13H,3,12,14H2,1-2H3,(H,26,29). The highest BCUT2D eigenvalue weighted by Crippen LogP contribution is 2.25. The molecule has 0 spiro atoms. The highest BCUT2D eigenvalue weighted by molar-refractivity contribution is 9.10. The summed E-state index contributed by atoms with van der Waals surface area (Å²) < 4.78 is 15.9. The third-order valence-corrected chi connectivity index (χ3v) is 5.47. The van der Waals surface area contributed by atoms with E-state index in [9.17, 15) is 4.79 Å². The van der Waals surface area contributed by atoms with E-state index in [1.807, 2.05) is 42.1 Å². The van der Waals surface area contributed by atoms with Gasteiger partial charge in [-0.2, -0.15) is 10.2 Å². The number of ether oxygens (including phenoxy) is 1. The number of rotatable bonds is 8. The van der Waals surface area contributed by atoms with Gasteiger partial charge >= 0.3 is 0 Å². The lowest BCUT2D eigenvalue weighted by atomic mass is 10.2. The molecule has 8 nitrogen and oxygen atoms in total. The maximum Gasteiger partial charge on any atom is 0.291 e. The van der Waals surface area contributed by atoms with Crippen molar-refractivity contribution in [3.8, 4) is 5.75 Å². The van der Waals surface area contributed by atoms with Crippen molar-refractivity contribution in [2.75, 3.05) is 5.32 Å². The Hall–Kier alpha value is -3.33. The summed E-state index contributed by atoms with van der Waals surface area (Å²) >= 11 is 3.43. The number of halogens is 1. The van der Waals surface area contributed by atoms with Crippen LogP contribution in [0.25, 0.3) is 0 Å². The minimum Gasteiger partial charge on any atom is -0.484 e. The van der Waals surface area contributed by atoms with Crippen LogP contribution >= 0.6 is 15.9 Å². The second-order valence-electron chi connectivity index (χ2n) is 6.94. The van der Waals surface area contributed by atoms with E-state index >= 15 is 0 Å². The van der Waals surface area contributed by atoms with Gasteiger partial charge in [0.2, 0.25) is 0 Å². The molecule has 0 atom stereocenters. The van der Waals surface area contributed by atoms with E-state index in [0.29, 0.717) is 23.7 Å². The number of benzene rings is 1. The Morgan fingerprint density at radius 1 is 1.19 bits per heavy atom. The summed E-state index contributed by atoms with van der Waals surface area (Å²) in [5.74, 6) is 1.12. The quantitative estimate of drug-likeness (QED) is 0.394. The largest absolute Gasteiger partial charge is 0.484 e. The zero-order valence-corrected chi connectivity index (χ0v) is 18.8. The van der Waals surface area contributed by atoms with Gasteiger partial charge in [-0.3, -0.25) is 14.2 Å². The molecule has 31 heavy (non-hydrogen) atoms. The van der Waals surface area contributed by atoms with E-state index < -0.39 is 0 Å². The van der Waals surface area contributed by atoms with Gasteiger partial charge in [0, 0.05) is 24.0 Å². The van der Waals surface area contributed by atoms with E-state index in [1.165, 1.54) is 0 Å². The zero-order chi connectivity index (χ0) is 21.8. The maximum absolute atomic E-state index is 12.5. The first-order valence-electron chi connectivity index (χ1n) is 9.84. The van der Waals surface area contributed by atoms with Crippen molar-refractivity contribution < 1.29 is 13.9 Å². The minimum absolute atomic E-state index is 0.207. The van der Waals surface area contributed by atoms with E-state index in [2.05, 4.69) is 38.4 Å². The number of anilines is 1. The summed E-state index contributed by atoms with van der Waals surface area (Å²) in [7, 11) is 0. The van der Waals surface area contributed by atoms with Gasteiger partial charge in [0.1, 0.15) is 18.1 Å². The Balaban J connectivity index is 1.34. The molecule has 0 saturated carbocycles. The Morgan fingerprint density at radius 3 is 2.81 bits per heavy atom. The van der Waals surface area contributed by atoms with Crippen LogP contribution in [0.4, 0.5) is 5.69 Å². The third kappa shape index (κ3) is 4.88. The van der Waals surface area contributed by atoms with Crippen molar-refractivity contribution in [2.45, 2.75) is 33.5 Å². The van der Waals surface area contributed by atoms with Gasteiger partial charge < -0.3 is 14.5 Å². The lowest BCUT2D eigenvalue weighted by Gasteiger charge is -2.05. The number of para-hydroxylation sites is 1. The van der Waals surface area contributed by atoms with Gasteiger partial charge in [0.15, 0.2) is 5.76 Å². The van der Waals surface area contributed by atoms with Crippen LogP contribution in [0.3, 0.4) is 0 Å². The predicted molar refractivity (Wildman–Crippen MR) is 119 cm³/mol. The van der Waals surface area contributed by atoms with Gasteiger partial charge in [0.05, 0.1) is 29.1 Å². The van der Waals surface area contributed by atoms with Crippen LogP contribution in [-0.2, 0) is 19.7 Å². The number of hydrogen-bond donors (Lipinski definition) is 1. The Labute approximate surface area is 187 Å². The number of hydrogen-bond acceptors (Lipinski definition) is 5. The fourth-order valence-electron chi connectivity index (χ4n) is 3.13. The van der Waals surface area contributed by atoms with Crippen molar-refractivity contribution >= 4 is 27.5 Å². The summed E-state index contributed by atoms with van der Waals surface area (Å²) in [5, 5.41) is 11.5. The molecular formula is C22H22BrN5O3. The first kappa shape index (κ1) is 20.9. The molecule has 0 saturated heterocycles. The van der Waals surface area contributed by atoms with E-state index in [0.717, 1.165) is 22.3 Å². The molecule has 0 radical (unpaired) electrons. The average Bonchev–Trinajstić information content (AvgIpc) is 3.49. The Morgan fingerprint density at radius 2 is 2.03 bits per heavy atom. The van der Waals surface area contributed by atoms with Crippen molar-refractivity contribution in [2.24, 2.45) is 0 Å². The molecular weight excluding hydrogens is 462 g/mol. The number of aromatic nitrogens is 4. The Kier molecular flexibility index (Phi) is 6.22. The second kappa shape index (κ2) is 9.22. The number of nitrogens with zero attached hydrogens (tertiary/aromatic N) is 4. The molecule has 0 bridgehead atoms. The van der Waals surface area contributed by atoms with E-state index in [1.54, 1.807) is 29.2 Å². The van der Waals surface area contributed by atoms with Gasteiger partial charge in [-0.15, -0.1) is 0 Å². The van der Waals surface area contributed by atoms with Gasteiger partial charge in [0.25, 0.3) is 5.91 Å². The average molecular weight is 484 g/mol. The van der Waals surface area contributed by atoms with Crippen molar-refractivity contribution in [3.05, 3.63) is 82.2 Å². The normalized spacial score (nSPS) is 10.9. The maximum atomic E-state index is 12.5. The van der Waals surface area contributed by atoms with Crippen LogP contribution in [-0.4, -0.2) is 25.5 Å². The van der Waals surface area contributed by atoms with Gasteiger partial charge in [-0.05, 0) is 54.0 Å². The number of carbonyl (C=O) groups excluding carboxylic acids is 1. The fraction of sp³-hybridized carbons (Fsp3) is 0.227. The van der Waals surface area contributed by atoms with Crippen LogP contribution < -0.4 is 10.1 Å². The lowest BCUT2D eigenvalue weighted by Crippen LogP contribution is -2.10. The fourth-order valence-corrected chi connectivity index (χ4v) is 3.53. The first-order chi connectivity index (χ1) is 15.0. The summed E-state index contributed by atoms with van der Waals surface area (Å²) in [6, 6.07) is 10.9. The molecule has 0 aliphatic rings. The number of aryl methyl sites for hydroxylation is 1. The van der Waals surface area contributed by atoms with E-state index in [4.69, 9.17) is 9.15 Å². The van der Waals surface area contributed by atoms with Crippen molar-refractivity contribution in [3.63, 3.8) is 0 Å². The van der Waals surface area contributed by atoms with Crippen molar-refractivity contribution in [1.29, 1.82) is 0 Å². The molecule has 9 heteroatoms. The molecule has 1 amide bonds. The summed E-state index contributed by atoms with van der Waals surface area (Å²) in [6.45, 7) is 5.72. The molecule has 0 aliphatic carbocycles. The van der Waals surface area contributed by atoms with Crippen LogP contribution in [0.1, 0.15) is 34.5 Å². The molecule has 4 aromatic rings.